The van der Waals surface area contributed by atoms with Gasteiger partial charge in [-0.05, 0) is 31.5 Å². The monoisotopic (exact) mass is 316 g/mol. The zero-order chi connectivity index (χ0) is 16.0. The second-order valence-corrected chi connectivity index (χ2v) is 7.31. The predicted octanol–water partition coefficient (Wildman–Crippen LogP) is 2.79. The summed E-state index contributed by atoms with van der Waals surface area (Å²) in [5.74, 6) is -0.399. The van der Waals surface area contributed by atoms with Gasteiger partial charge >= 0.3 is 0 Å². The molecule has 1 unspecified atom stereocenters. The molecule has 1 aromatic carbocycles. The van der Waals surface area contributed by atoms with Crippen LogP contribution in [-0.4, -0.2) is 20.5 Å². The Hall–Kier alpha value is -0.980. The van der Waals surface area contributed by atoms with Crippen LogP contribution in [0.25, 0.3) is 0 Å². The molecule has 0 bridgehead atoms. The topological polar surface area (TPSA) is 58.2 Å². The molecule has 1 atom stereocenters. The number of halogens is 1. The van der Waals surface area contributed by atoms with E-state index in [0.29, 0.717) is 12.1 Å². The van der Waals surface area contributed by atoms with Crippen molar-refractivity contribution >= 4 is 10.0 Å². The van der Waals surface area contributed by atoms with Crippen molar-refractivity contribution in [2.24, 2.45) is 0 Å². The molecule has 120 valence electrons. The number of hydrogen-bond acceptors (Lipinski definition) is 3. The highest BCUT2D eigenvalue weighted by Crippen LogP contribution is 2.16. The van der Waals surface area contributed by atoms with Gasteiger partial charge in [0.25, 0.3) is 0 Å². The molecule has 0 radical (unpaired) electrons. The number of benzene rings is 1. The lowest BCUT2D eigenvalue weighted by Gasteiger charge is -2.15. The molecule has 0 aliphatic carbocycles. The van der Waals surface area contributed by atoms with Crippen molar-refractivity contribution in [3.63, 3.8) is 0 Å². The third-order valence-corrected chi connectivity index (χ3v) is 4.69. The van der Waals surface area contributed by atoms with E-state index < -0.39 is 15.8 Å². The molecule has 0 saturated heterocycles. The fourth-order valence-corrected chi connectivity index (χ4v) is 3.32. The zero-order valence-electron chi connectivity index (χ0n) is 13.1. The van der Waals surface area contributed by atoms with E-state index in [4.69, 9.17) is 0 Å². The molecule has 1 rings (SSSR count). The van der Waals surface area contributed by atoms with E-state index in [2.05, 4.69) is 10.0 Å². The molecule has 0 aromatic heterocycles. The molecule has 21 heavy (non-hydrogen) atoms. The lowest BCUT2D eigenvalue weighted by atomic mass is 10.2. The molecular formula is C15H25FN2O2S. The zero-order valence-corrected chi connectivity index (χ0v) is 13.9. The first-order valence-corrected chi connectivity index (χ1v) is 8.78. The maximum atomic E-state index is 13.7. The average molecular weight is 316 g/mol. The Labute approximate surface area is 127 Å². The van der Waals surface area contributed by atoms with Crippen LogP contribution in [0.3, 0.4) is 0 Å². The summed E-state index contributed by atoms with van der Waals surface area (Å²) in [6, 6.07) is 3.96. The van der Waals surface area contributed by atoms with Gasteiger partial charge in [-0.1, -0.05) is 27.2 Å². The second-order valence-electron chi connectivity index (χ2n) is 5.60. The maximum absolute atomic E-state index is 13.7. The van der Waals surface area contributed by atoms with Crippen LogP contribution in [0, 0.1) is 5.82 Å². The largest absolute Gasteiger partial charge is 0.310 e. The third kappa shape index (κ3) is 5.73. The van der Waals surface area contributed by atoms with E-state index >= 15 is 0 Å². The smallest absolute Gasteiger partial charge is 0.240 e. The minimum Gasteiger partial charge on any atom is -0.310 e. The van der Waals surface area contributed by atoms with Gasteiger partial charge in [0.05, 0.1) is 4.90 Å². The van der Waals surface area contributed by atoms with Crippen molar-refractivity contribution < 1.29 is 12.8 Å². The van der Waals surface area contributed by atoms with Gasteiger partial charge in [0, 0.05) is 24.2 Å². The highest BCUT2D eigenvalue weighted by molar-refractivity contribution is 7.89. The van der Waals surface area contributed by atoms with Crippen molar-refractivity contribution in [2.75, 3.05) is 0 Å². The highest BCUT2D eigenvalue weighted by atomic mass is 32.2. The van der Waals surface area contributed by atoms with Crippen LogP contribution in [-0.2, 0) is 16.6 Å². The molecule has 0 amide bonds. The molecular weight excluding hydrogens is 291 g/mol. The molecule has 0 aliphatic rings. The summed E-state index contributed by atoms with van der Waals surface area (Å²) < 4.78 is 40.9. The highest BCUT2D eigenvalue weighted by Gasteiger charge is 2.18. The van der Waals surface area contributed by atoms with E-state index in [-0.39, 0.29) is 17.0 Å². The Morgan fingerprint density at radius 2 is 1.90 bits per heavy atom. The first-order chi connectivity index (χ1) is 9.76. The van der Waals surface area contributed by atoms with Gasteiger partial charge in [-0.2, -0.15) is 0 Å². The Balaban J connectivity index is 2.94. The first-order valence-electron chi connectivity index (χ1n) is 7.30. The number of rotatable bonds is 8. The van der Waals surface area contributed by atoms with Crippen LogP contribution < -0.4 is 10.0 Å². The van der Waals surface area contributed by atoms with Crippen LogP contribution in [0.1, 0.15) is 46.1 Å². The third-order valence-electron chi connectivity index (χ3n) is 3.11. The van der Waals surface area contributed by atoms with Crippen molar-refractivity contribution in [2.45, 2.75) is 64.1 Å². The summed E-state index contributed by atoms with van der Waals surface area (Å²) in [6.45, 7) is 8.03. The lowest BCUT2D eigenvalue weighted by Crippen LogP contribution is -2.32. The number of nitrogens with one attached hydrogen (secondary N) is 2. The Morgan fingerprint density at radius 1 is 1.24 bits per heavy atom. The normalized spacial score (nSPS) is 13.6. The standard InChI is InChI=1S/C15H25FN2O2S/c1-5-6-12(4)18-21(19,20)14-7-8-15(16)13(9-14)10-17-11(2)3/h7-9,11-12,17-18H,5-6,10H2,1-4H3. The van der Waals surface area contributed by atoms with Crippen molar-refractivity contribution in [1.82, 2.24) is 10.0 Å². The van der Waals surface area contributed by atoms with Crippen LogP contribution in [0.15, 0.2) is 23.1 Å². The van der Waals surface area contributed by atoms with E-state index in [0.717, 1.165) is 12.8 Å². The first kappa shape index (κ1) is 18.1. The quantitative estimate of drug-likeness (QED) is 0.775. The summed E-state index contributed by atoms with van der Waals surface area (Å²) in [5.41, 5.74) is 0.356. The van der Waals surface area contributed by atoms with Gasteiger partial charge in [-0.25, -0.2) is 17.5 Å². The van der Waals surface area contributed by atoms with E-state index in [9.17, 15) is 12.8 Å². The van der Waals surface area contributed by atoms with Crippen molar-refractivity contribution in [1.29, 1.82) is 0 Å². The minimum atomic E-state index is -3.60. The second kappa shape index (κ2) is 7.87. The van der Waals surface area contributed by atoms with Crippen molar-refractivity contribution in [3.8, 4) is 0 Å². The number of hydrogen-bond donors (Lipinski definition) is 2. The summed E-state index contributed by atoms with van der Waals surface area (Å²) in [5, 5.41) is 3.09. The molecule has 0 spiro atoms. The van der Waals surface area contributed by atoms with E-state index in [1.54, 1.807) is 0 Å². The lowest BCUT2D eigenvalue weighted by molar-refractivity contribution is 0.540. The molecule has 0 aliphatic heterocycles. The molecule has 6 heteroatoms. The SMILES string of the molecule is CCCC(C)NS(=O)(=O)c1ccc(F)c(CNC(C)C)c1. The summed E-state index contributed by atoms with van der Waals surface area (Å²) in [4.78, 5) is 0.104. The fraction of sp³-hybridized carbons (Fsp3) is 0.600. The van der Waals surface area contributed by atoms with Gasteiger partial charge in [-0.3, -0.25) is 0 Å². The Kier molecular flexibility index (Phi) is 6.77. The van der Waals surface area contributed by atoms with Crippen LogP contribution in [0.4, 0.5) is 4.39 Å². The van der Waals surface area contributed by atoms with Gasteiger partial charge in [0.2, 0.25) is 10.0 Å². The molecule has 4 nitrogen and oxygen atoms in total. The van der Waals surface area contributed by atoms with E-state index in [1.165, 1.54) is 18.2 Å². The molecule has 0 heterocycles. The molecule has 0 saturated carbocycles. The van der Waals surface area contributed by atoms with E-state index in [1.807, 2.05) is 27.7 Å². The van der Waals surface area contributed by atoms with Crippen LogP contribution in [0.5, 0.6) is 0 Å². The average Bonchev–Trinajstić information content (AvgIpc) is 2.36. The predicted molar refractivity (Wildman–Crippen MR) is 83.1 cm³/mol. The molecule has 1 aromatic rings. The molecule has 2 N–H and O–H groups in total. The fourth-order valence-electron chi connectivity index (χ4n) is 1.99. The maximum Gasteiger partial charge on any atom is 0.240 e. The van der Waals surface area contributed by atoms with Gasteiger partial charge < -0.3 is 5.32 Å². The summed E-state index contributed by atoms with van der Waals surface area (Å²) in [7, 11) is -3.60. The number of sulfonamides is 1. The van der Waals surface area contributed by atoms with Gasteiger partial charge in [0.1, 0.15) is 5.82 Å². The van der Waals surface area contributed by atoms with Crippen LogP contribution in [0.2, 0.25) is 0 Å². The Morgan fingerprint density at radius 3 is 2.48 bits per heavy atom. The van der Waals surface area contributed by atoms with Crippen molar-refractivity contribution in [3.05, 3.63) is 29.6 Å². The molecule has 0 fully saturated rings. The minimum absolute atomic E-state index is 0.104. The summed E-state index contributed by atoms with van der Waals surface area (Å²) in [6.07, 6.45) is 1.67. The summed E-state index contributed by atoms with van der Waals surface area (Å²) >= 11 is 0. The van der Waals surface area contributed by atoms with Gasteiger partial charge in [-0.15, -0.1) is 0 Å². The Bertz CT molecular complexity index is 559. The van der Waals surface area contributed by atoms with Gasteiger partial charge in [0.15, 0.2) is 0 Å². The van der Waals surface area contributed by atoms with Crippen LogP contribution >= 0.6 is 0 Å².